The fraction of sp³-hybridized carbons (Fsp3) is 0.952. The average Bonchev–Trinajstić information content (AvgIpc) is 2.95. The van der Waals surface area contributed by atoms with Gasteiger partial charge in [0.05, 0.1) is 19.3 Å². The summed E-state index contributed by atoms with van der Waals surface area (Å²) in [4.78, 5) is 12.8. The first-order chi connectivity index (χ1) is 11.9. The second-order valence-electron chi connectivity index (χ2n) is 10.3. The quantitative estimate of drug-likeness (QED) is 0.630. The van der Waals surface area contributed by atoms with Gasteiger partial charge < -0.3 is 14.2 Å². The second-order valence-corrected chi connectivity index (χ2v) is 10.3. The molecule has 25 heavy (non-hydrogen) atoms. The van der Waals surface area contributed by atoms with Crippen LogP contribution in [-0.2, 0) is 19.0 Å². The van der Waals surface area contributed by atoms with Crippen LogP contribution in [0.2, 0.25) is 0 Å². The minimum Gasteiger partial charge on any atom is -0.365 e. The average molecular weight is 346 g/mol. The smallest absolute Gasteiger partial charge is 0.169 e. The van der Waals surface area contributed by atoms with Crippen LogP contribution in [0.4, 0.5) is 0 Å². The standard InChI is InChI=1S/C21H30O4/c1-18-5-3-14-13(17(18)15(22)4-6-18)11-16-21(25-16)8-7-20(12-19(14,21)2)23-9-10-24-20/h13-14,16-17H,3-12H2,1-2H3/t13-,14+,16+,17+,18-,19-,21+/m1/s1. The molecule has 0 unspecified atom stereocenters. The molecule has 2 spiro atoms. The van der Waals surface area contributed by atoms with Crippen molar-refractivity contribution in [2.24, 2.45) is 28.6 Å². The highest BCUT2D eigenvalue weighted by Crippen LogP contribution is 2.74. The molecule has 6 fully saturated rings. The molecule has 4 saturated carbocycles. The van der Waals surface area contributed by atoms with E-state index in [-0.39, 0.29) is 28.1 Å². The van der Waals surface area contributed by atoms with Crippen molar-refractivity contribution < 1.29 is 19.0 Å². The van der Waals surface area contributed by atoms with Gasteiger partial charge in [0.2, 0.25) is 0 Å². The maximum atomic E-state index is 12.8. The molecular formula is C21H30O4. The van der Waals surface area contributed by atoms with Gasteiger partial charge in [-0.2, -0.15) is 0 Å². The maximum Gasteiger partial charge on any atom is 0.169 e. The molecule has 2 saturated heterocycles. The zero-order chi connectivity index (χ0) is 17.1. The first-order valence-electron chi connectivity index (χ1n) is 10.4. The second kappa shape index (κ2) is 4.51. The number of Topliss-reactive ketones (excluding diaryl/α,β-unsaturated/α-hetero) is 1. The van der Waals surface area contributed by atoms with Gasteiger partial charge in [-0.3, -0.25) is 4.79 Å². The monoisotopic (exact) mass is 346 g/mol. The summed E-state index contributed by atoms with van der Waals surface area (Å²) in [6, 6.07) is 0. The van der Waals surface area contributed by atoms with Crippen LogP contribution in [0, 0.1) is 28.6 Å². The molecule has 0 radical (unpaired) electrons. The van der Waals surface area contributed by atoms with Gasteiger partial charge in [0.25, 0.3) is 0 Å². The Balaban J connectivity index is 1.40. The highest BCUT2D eigenvalue weighted by Gasteiger charge is 2.78. The Bertz CT molecular complexity index is 640. The fourth-order valence-electron chi connectivity index (χ4n) is 8.24. The summed E-state index contributed by atoms with van der Waals surface area (Å²) in [7, 11) is 0. The van der Waals surface area contributed by atoms with E-state index in [1.54, 1.807) is 0 Å². The van der Waals surface area contributed by atoms with Crippen molar-refractivity contribution in [3.63, 3.8) is 0 Å². The molecule has 4 nitrogen and oxygen atoms in total. The number of hydrogen-bond acceptors (Lipinski definition) is 4. The lowest BCUT2D eigenvalue weighted by Gasteiger charge is -2.59. The Kier molecular flexibility index (Phi) is 2.81. The molecule has 2 heterocycles. The van der Waals surface area contributed by atoms with Gasteiger partial charge in [-0.1, -0.05) is 13.8 Å². The van der Waals surface area contributed by atoms with E-state index in [0.717, 1.165) is 51.7 Å². The molecule has 138 valence electrons. The predicted octanol–water partition coefficient (Wildman–Crippen LogP) is 3.47. The lowest BCUT2D eigenvalue weighted by atomic mass is 9.44. The molecule has 4 heteroatoms. The van der Waals surface area contributed by atoms with Gasteiger partial charge in [-0.15, -0.1) is 0 Å². The van der Waals surface area contributed by atoms with Crippen molar-refractivity contribution in [3.05, 3.63) is 0 Å². The van der Waals surface area contributed by atoms with Crippen LogP contribution in [0.3, 0.4) is 0 Å². The molecule has 0 aromatic carbocycles. The number of ketones is 1. The number of hydrogen-bond donors (Lipinski definition) is 0. The molecule has 0 aromatic heterocycles. The predicted molar refractivity (Wildman–Crippen MR) is 90.9 cm³/mol. The van der Waals surface area contributed by atoms with Crippen LogP contribution in [0.5, 0.6) is 0 Å². The molecule has 2 aliphatic heterocycles. The molecule has 7 atom stereocenters. The molecule has 6 aliphatic rings. The van der Waals surface area contributed by atoms with Crippen molar-refractivity contribution in [2.75, 3.05) is 13.2 Å². The van der Waals surface area contributed by atoms with E-state index in [0.29, 0.717) is 23.7 Å². The first kappa shape index (κ1) is 15.6. The molecule has 0 bridgehead atoms. The van der Waals surface area contributed by atoms with E-state index < -0.39 is 0 Å². The van der Waals surface area contributed by atoms with Crippen LogP contribution >= 0.6 is 0 Å². The number of rotatable bonds is 0. The summed E-state index contributed by atoms with van der Waals surface area (Å²) in [6.07, 6.45) is 8.82. The molecular weight excluding hydrogens is 316 g/mol. The zero-order valence-electron chi connectivity index (χ0n) is 15.5. The Labute approximate surface area is 150 Å². The van der Waals surface area contributed by atoms with Crippen molar-refractivity contribution >= 4 is 5.78 Å². The van der Waals surface area contributed by atoms with Crippen molar-refractivity contribution in [3.8, 4) is 0 Å². The van der Waals surface area contributed by atoms with Gasteiger partial charge >= 0.3 is 0 Å². The maximum absolute atomic E-state index is 12.8. The minimum atomic E-state index is -0.376. The minimum absolute atomic E-state index is 0.0458. The fourth-order valence-corrected chi connectivity index (χ4v) is 8.24. The summed E-state index contributed by atoms with van der Waals surface area (Å²) in [5, 5.41) is 0. The summed E-state index contributed by atoms with van der Waals surface area (Å²) in [6.45, 7) is 6.27. The lowest BCUT2D eigenvalue weighted by Crippen LogP contribution is -2.61. The van der Waals surface area contributed by atoms with Crippen molar-refractivity contribution in [2.45, 2.75) is 82.7 Å². The van der Waals surface area contributed by atoms with E-state index in [1.165, 1.54) is 12.8 Å². The van der Waals surface area contributed by atoms with Gasteiger partial charge in [0.15, 0.2) is 5.79 Å². The van der Waals surface area contributed by atoms with Crippen molar-refractivity contribution in [1.29, 1.82) is 0 Å². The van der Waals surface area contributed by atoms with E-state index in [4.69, 9.17) is 14.2 Å². The number of carbonyl (C=O) groups is 1. The van der Waals surface area contributed by atoms with E-state index >= 15 is 0 Å². The van der Waals surface area contributed by atoms with Crippen LogP contribution in [0.25, 0.3) is 0 Å². The molecule has 6 rings (SSSR count). The number of carbonyl (C=O) groups excluding carboxylic acids is 1. The van der Waals surface area contributed by atoms with Crippen LogP contribution < -0.4 is 0 Å². The third kappa shape index (κ3) is 1.73. The number of fused-ring (bicyclic) bond motifs is 4. The third-order valence-corrected chi connectivity index (χ3v) is 9.43. The largest absolute Gasteiger partial charge is 0.365 e. The molecule has 4 aliphatic carbocycles. The Hall–Kier alpha value is -0.450. The summed E-state index contributed by atoms with van der Waals surface area (Å²) >= 11 is 0. The highest BCUT2D eigenvalue weighted by molar-refractivity contribution is 5.84. The number of epoxide rings is 1. The van der Waals surface area contributed by atoms with Gasteiger partial charge in [-0.05, 0) is 49.4 Å². The lowest BCUT2D eigenvalue weighted by molar-refractivity contribution is -0.234. The summed E-state index contributed by atoms with van der Waals surface area (Å²) in [5.41, 5.74) is 0.383. The zero-order valence-corrected chi connectivity index (χ0v) is 15.5. The van der Waals surface area contributed by atoms with Crippen LogP contribution in [0.15, 0.2) is 0 Å². The Morgan fingerprint density at radius 1 is 1.04 bits per heavy atom. The van der Waals surface area contributed by atoms with Gasteiger partial charge in [0.1, 0.15) is 11.4 Å². The summed E-state index contributed by atoms with van der Waals surface area (Å²) < 4.78 is 18.7. The SMILES string of the molecule is C[C@@]12CCC(=O)[C@@H]1[C@@H]1C[C@@H]3O[C@@]34CCC3(C[C@]4(C)[C@H]1CC2)OCCO3. The molecule has 0 N–H and O–H groups in total. The Morgan fingerprint density at radius 3 is 2.64 bits per heavy atom. The van der Waals surface area contributed by atoms with Gasteiger partial charge in [0, 0.05) is 30.6 Å². The Morgan fingerprint density at radius 2 is 1.84 bits per heavy atom. The van der Waals surface area contributed by atoms with E-state index in [1.807, 2.05) is 0 Å². The highest BCUT2D eigenvalue weighted by atomic mass is 16.7. The third-order valence-electron chi connectivity index (χ3n) is 9.43. The van der Waals surface area contributed by atoms with Crippen molar-refractivity contribution in [1.82, 2.24) is 0 Å². The normalized spacial score (nSPS) is 58.4. The van der Waals surface area contributed by atoms with Gasteiger partial charge in [-0.25, -0.2) is 0 Å². The van der Waals surface area contributed by atoms with Crippen LogP contribution in [0.1, 0.15) is 65.2 Å². The topological polar surface area (TPSA) is 48.1 Å². The first-order valence-corrected chi connectivity index (χ1v) is 10.4. The van der Waals surface area contributed by atoms with E-state index in [9.17, 15) is 4.79 Å². The van der Waals surface area contributed by atoms with E-state index in [2.05, 4.69) is 13.8 Å². The molecule has 0 amide bonds. The molecule has 0 aromatic rings. The number of ether oxygens (including phenoxy) is 3. The summed E-state index contributed by atoms with van der Waals surface area (Å²) in [5.74, 6) is 1.52. The van der Waals surface area contributed by atoms with Crippen LogP contribution in [-0.4, -0.2) is 36.5 Å².